The van der Waals surface area contributed by atoms with Gasteiger partial charge < -0.3 is 14.2 Å². The van der Waals surface area contributed by atoms with E-state index in [9.17, 15) is 18.4 Å². The van der Waals surface area contributed by atoms with Gasteiger partial charge in [0.1, 0.15) is 24.0 Å². The Bertz CT molecular complexity index is 1280. The molecule has 31 heavy (non-hydrogen) atoms. The van der Waals surface area contributed by atoms with E-state index in [-0.39, 0.29) is 48.3 Å². The molecule has 0 amide bonds. The molecule has 0 aliphatic heterocycles. The van der Waals surface area contributed by atoms with Crippen LogP contribution in [0, 0.1) is 11.6 Å². The standard InChI is InChI=1S/C22H16F2N2O4.Na/c23-18-5-2-6-19(24)20(18)16-4-1-3-15(11-16)13-29-17-9-7-14(8-10-17)12-26-21(27)25-22(28)30-26;/h1-11H,12-13H2,(H,25,27,28);/q;+1/p-1. The van der Waals surface area contributed by atoms with Crippen LogP contribution in [-0.4, -0.2) is 4.74 Å². The summed E-state index contributed by atoms with van der Waals surface area (Å²) < 4.78 is 39.3. The van der Waals surface area contributed by atoms with Crippen LogP contribution < -0.4 is 50.7 Å². The molecule has 0 saturated carbocycles. The van der Waals surface area contributed by atoms with E-state index in [1.165, 1.54) is 18.2 Å². The molecule has 0 N–H and O–H groups in total. The zero-order chi connectivity index (χ0) is 21.1. The van der Waals surface area contributed by atoms with E-state index in [0.29, 0.717) is 11.3 Å². The largest absolute Gasteiger partial charge is 1.00 e. The Morgan fingerprint density at radius 3 is 2.23 bits per heavy atom. The third kappa shape index (κ3) is 5.41. The van der Waals surface area contributed by atoms with Gasteiger partial charge in [0, 0.05) is 6.54 Å². The number of rotatable bonds is 6. The normalized spacial score (nSPS) is 10.5. The third-order valence-corrected chi connectivity index (χ3v) is 4.42. The summed E-state index contributed by atoms with van der Waals surface area (Å²) >= 11 is 0. The first-order chi connectivity index (χ1) is 14.5. The van der Waals surface area contributed by atoms with E-state index < -0.39 is 23.1 Å². The molecule has 1 aromatic heterocycles. The minimum Gasteiger partial charge on any atom is -0.489 e. The van der Waals surface area contributed by atoms with Crippen LogP contribution in [0.2, 0.25) is 0 Å². The van der Waals surface area contributed by atoms with Crippen molar-refractivity contribution in [2.24, 2.45) is 0 Å². The summed E-state index contributed by atoms with van der Waals surface area (Å²) in [5, 5.41) is 0. The second kappa shape index (κ2) is 9.91. The smallest absolute Gasteiger partial charge is 0.489 e. The Hall–Kier alpha value is -2.94. The fourth-order valence-corrected chi connectivity index (χ4v) is 3.00. The molecule has 0 saturated heterocycles. The van der Waals surface area contributed by atoms with E-state index in [1.807, 2.05) is 0 Å². The van der Waals surface area contributed by atoms with Gasteiger partial charge in [0.05, 0.1) is 5.56 Å². The van der Waals surface area contributed by atoms with Gasteiger partial charge in [-0.25, -0.2) is 13.6 Å². The average molecular weight is 432 g/mol. The van der Waals surface area contributed by atoms with Gasteiger partial charge in [0.25, 0.3) is 0 Å². The number of hydrogen-bond acceptors (Lipinski definition) is 4. The first-order valence-corrected chi connectivity index (χ1v) is 9.00. The quantitative estimate of drug-likeness (QED) is 0.411. The predicted molar refractivity (Wildman–Crippen MR) is 104 cm³/mol. The second-order valence-corrected chi connectivity index (χ2v) is 6.52. The van der Waals surface area contributed by atoms with Crippen LogP contribution in [0.5, 0.6) is 5.75 Å². The molecule has 0 atom stereocenters. The van der Waals surface area contributed by atoms with Crippen LogP contribution in [0.1, 0.15) is 11.1 Å². The Balaban J connectivity index is 0.00000272. The number of hydrogen-bond donors (Lipinski definition) is 0. The molecule has 1 heterocycles. The molecule has 4 aromatic rings. The van der Waals surface area contributed by atoms with Gasteiger partial charge in [-0.2, -0.15) is 0 Å². The summed E-state index contributed by atoms with van der Waals surface area (Å²) in [6, 6.07) is 17.4. The van der Waals surface area contributed by atoms with Crippen LogP contribution >= 0.6 is 0 Å². The zero-order valence-corrected chi connectivity index (χ0v) is 18.5. The first kappa shape index (κ1) is 22.7. The minimum atomic E-state index is -0.933. The SMILES string of the molecule is O=c1[n-]c(=O)n(Cc2ccc(OCc3cccc(-c4c(F)cccc4F)c3)cc2)o1.[Na+]. The number of aromatic nitrogens is 2. The van der Waals surface area contributed by atoms with Crippen molar-refractivity contribution in [1.82, 2.24) is 9.72 Å². The maximum absolute atomic E-state index is 14.0. The zero-order valence-electron chi connectivity index (χ0n) is 16.5. The van der Waals surface area contributed by atoms with Crippen LogP contribution in [0.4, 0.5) is 8.78 Å². The van der Waals surface area contributed by atoms with E-state index >= 15 is 0 Å². The van der Waals surface area contributed by atoms with Crippen LogP contribution in [0.3, 0.4) is 0 Å². The molecule has 0 fully saturated rings. The Kier molecular flexibility index (Phi) is 7.27. The monoisotopic (exact) mass is 432 g/mol. The van der Waals surface area contributed by atoms with E-state index in [4.69, 9.17) is 4.74 Å². The number of ether oxygens (including phenoxy) is 1. The van der Waals surface area contributed by atoms with Crippen molar-refractivity contribution in [1.29, 1.82) is 0 Å². The van der Waals surface area contributed by atoms with Gasteiger partial charge in [-0.1, -0.05) is 36.4 Å². The van der Waals surface area contributed by atoms with Crippen LogP contribution in [0.15, 0.2) is 80.8 Å². The molecule has 0 unspecified atom stereocenters. The van der Waals surface area contributed by atoms with Gasteiger partial charge >= 0.3 is 35.3 Å². The van der Waals surface area contributed by atoms with Gasteiger partial charge in [0.2, 0.25) is 0 Å². The number of benzene rings is 3. The Morgan fingerprint density at radius 1 is 0.903 bits per heavy atom. The van der Waals surface area contributed by atoms with Crippen molar-refractivity contribution >= 4 is 0 Å². The van der Waals surface area contributed by atoms with Crippen molar-refractivity contribution in [2.45, 2.75) is 13.2 Å². The van der Waals surface area contributed by atoms with Gasteiger partial charge in [-0.3, -0.25) is 9.53 Å². The molecule has 152 valence electrons. The molecule has 4 rings (SSSR count). The Labute approximate surface area is 197 Å². The number of nitrogens with zero attached hydrogens (tertiary/aromatic N) is 2. The van der Waals surface area contributed by atoms with Crippen LogP contribution in [-0.2, 0) is 13.2 Å². The Morgan fingerprint density at radius 2 is 1.58 bits per heavy atom. The molecule has 0 bridgehead atoms. The van der Waals surface area contributed by atoms with Crippen LogP contribution in [0.25, 0.3) is 11.1 Å². The molecule has 0 aliphatic rings. The molecule has 0 spiro atoms. The molecular formula is C22H15F2N2NaO4. The summed E-state index contributed by atoms with van der Waals surface area (Å²) in [5.41, 5.74) is 1.07. The van der Waals surface area contributed by atoms with E-state index in [1.54, 1.807) is 48.5 Å². The summed E-state index contributed by atoms with van der Waals surface area (Å²) in [6.07, 6.45) is 0. The van der Waals surface area contributed by atoms with Crippen molar-refractivity contribution in [3.05, 3.63) is 111 Å². The van der Waals surface area contributed by atoms with Crippen molar-refractivity contribution in [3.8, 4) is 16.9 Å². The maximum Gasteiger partial charge on any atom is 1.00 e. The summed E-state index contributed by atoms with van der Waals surface area (Å²) in [6.45, 7) is 0.273. The molecule has 6 nitrogen and oxygen atoms in total. The van der Waals surface area contributed by atoms with Crippen molar-refractivity contribution in [3.63, 3.8) is 0 Å². The fourth-order valence-electron chi connectivity index (χ4n) is 3.00. The van der Waals surface area contributed by atoms with Crippen molar-refractivity contribution in [2.75, 3.05) is 0 Å². The second-order valence-electron chi connectivity index (χ2n) is 6.52. The topological polar surface area (TPSA) is 75.5 Å². The third-order valence-electron chi connectivity index (χ3n) is 4.42. The summed E-state index contributed by atoms with van der Waals surface area (Å²) in [4.78, 5) is 25.5. The first-order valence-electron chi connectivity index (χ1n) is 9.00. The molecule has 3 aromatic carbocycles. The molecule has 0 aliphatic carbocycles. The molecular weight excluding hydrogens is 417 g/mol. The van der Waals surface area contributed by atoms with E-state index in [2.05, 4.69) is 9.51 Å². The van der Waals surface area contributed by atoms with E-state index in [0.717, 1.165) is 15.9 Å². The summed E-state index contributed by atoms with van der Waals surface area (Å²) in [5.74, 6) is -1.62. The number of halogens is 2. The molecule has 9 heteroatoms. The predicted octanol–water partition coefficient (Wildman–Crippen LogP) is 0.335. The van der Waals surface area contributed by atoms with Gasteiger partial charge in [-0.05, 0) is 47.0 Å². The van der Waals surface area contributed by atoms with Gasteiger partial charge in [-0.15, -0.1) is 0 Å². The fraction of sp³-hybridized carbons (Fsp3) is 0.0909. The molecule has 0 radical (unpaired) electrons. The van der Waals surface area contributed by atoms with Gasteiger partial charge in [0.15, 0.2) is 5.69 Å². The maximum atomic E-state index is 14.0. The minimum absolute atomic E-state index is 0. The van der Waals surface area contributed by atoms with Crippen molar-refractivity contribution < 1.29 is 47.6 Å². The summed E-state index contributed by atoms with van der Waals surface area (Å²) in [7, 11) is 0. The average Bonchev–Trinajstić information content (AvgIpc) is 3.04.